The van der Waals surface area contributed by atoms with Crippen LogP contribution in [0.1, 0.15) is 22.8 Å². The van der Waals surface area contributed by atoms with E-state index in [9.17, 15) is 4.79 Å². The minimum absolute atomic E-state index is 0.167. The molecule has 4 rings (SSSR count). The lowest BCUT2D eigenvalue weighted by Crippen LogP contribution is -2.26. The van der Waals surface area contributed by atoms with E-state index in [0.29, 0.717) is 18.1 Å². The number of para-hydroxylation sites is 2. The van der Waals surface area contributed by atoms with Crippen LogP contribution < -0.4 is 10.2 Å². The van der Waals surface area contributed by atoms with E-state index >= 15 is 0 Å². The van der Waals surface area contributed by atoms with Gasteiger partial charge >= 0.3 is 0 Å². The van der Waals surface area contributed by atoms with Gasteiger partial charge in [0, 0.05) is 48.3 Å². The average molecular weight is 385 g/mol. The molecule has 0 bridgehead atoms. The van der Waals surface area contributed by atoms with Crippen molar-refractivity contribution in [3.05, 3.63) is 84.3 Å². The van der Waals surface area contributed by atoms with Crippen LogP contribution in [0, 0.1) is 0 Å². The normalized spacial score (nSPS) is 10.8. The van der Waals surface area contributed by atoms with E-state index < -0.39 is 0 Å². The summed E-state index contributed by atoms with van der Waals surface area (Å²) in [5, 5.41) is 4.14. The van der Waals surface area contributed by atoms with Crippen molar-refractivity contribution in [2.75, 3.05) is 18.0 Å². The van der Waals surface area contributed by atoms with E-state index in [1.807, 2.05) is 66.6 Å². The van der Waals surface area contributed by atoms with E-state index in [1.165, 1.54) is 10.9 Å². The lowest BCUT2D eigenvalue weighted by atomic mass is 10.1. The number of rotatable bonds is 7. The van der Waals surface area contributed by atoms with E-state index in [-0.39, 0.29) is 5.91 Å². The first kappa shape index (κ1) is 18.7. The van der Waals surface area contributed by atoms with Gasteiger partial charge in [0.15, 0.2) is 0 Å². The van der Waals surface area contributed by atoms with Gasteiger partial charge in [0.25, 0.3) is 5.91 Å². The van der Waals surface area contributed by atoms with E-state index in [4.69, 9.17) is 0 Å². The monoisotopic (exact) mass is 385 g/mol. The molecule has 0 unspecified atom stereocenters. The van der Waals surface area contributed by atoms with Crippen LogP contribution in [-0.2, 0) is 6.42 Å². The minimum Gasteiger partial charge on any atom is -0.361 e. The highest BCUT2D eigenvalue weighted by molar-refractivity contribution is 5.93. The number of carbonyl (C=O) groups is 1. The van der Waals surface area contributed by atoms with Crippen molar-refractivity contribution >= 4 is 28.4 Å². The topological polar surface area (TPSA) is 73.9 Å². The highest BCUT2D eigenvalue weighted by Gasteiger charge is 2.12. The molecule has 0 atom stereocenters. The molecule has 0 aliphatic rings. The van der Waals surface area contributed by atoms with Crippen molar-refractivity contribution in [2.45, 2.75) is 13.3 Å². The largest absolute Gasteiger partial charge is 0.361 e. The number of carbonyl (C=O) groups excluding carboxylic acids is 1. The van der Waals surface area contributed by atoms with Gasteiger partial charge in [-0.25, -0.2) is 9.97 Å². The summed E-state index contributed by atoms with van der Waals surface area (Å²) in [6, 6.07) is 18.1. The second-order valence-electron chi connectivity index (χ2n) is 6.72. The number of hydrogen-bond acceptors (Lipinski definition) is 4. The van der Waals surface area contributed by atoms with Crippen LogP contribution in [0.3, 0.4) is 0 Å². The number of nitrogens with one attached hydrogen (secondary N) is 2. The third-order valence-corrected chi connectivity index (χ3v) is 4.88. The summed E-state index contributed by atoms with van der Waals surface area (Å²) in [5.41, 5.74) is 3.77. The predicted molar refractivity (Wildman–Crippen MR) is 115 cm³/mol. The van der Waals surface area contributed by atoms with Crippen molar-refractivity contribution in [3.63, 3.8) is 0 Å². The number of anilines is 2. The lowest BCUT2D eigenvalue weighted by molar-refractivity contribution is 0.0953. The minimum atomic E-state index is -0.167. The Morgan fingerprint density at radius 2 is 1.76 bits per heavy atom. The van der Waals surface area contributed by atoms with Crippen LogP contribution in [0.15, 0.2) is 73.2 Å². The molecule has 0 saturated carbocycles. The first-order chi connectivity index (χ1) is 14.3. The molecule has 4 aromatic rings. The number of H-pyrrole nitrogens is 1. The lowest BCUT2D eigenvalue weighted by Gasteiger charge is -2.20. The van der Waals surface area contributed by atoms with Crippen molar-refractivity contribution in [1.82, 2.24) is 20.3 Å². The highest BCUT2D eigenvalue weighted by Crippen LogP contribution is 2.21. The number of aromatic amines is 1. The molecule has 2 aromatic heterocycles. The third kappa shape index (κ3) is 4.11. The molecule has 1 amide bonds. The Morgan fingerprint density at radius 1 is 1.03 bits per heavy atom. The molecule has 6 nitrogen and oxygen atoms in total. The number of nitrogens with zero attached hydrogens (tertiary/aromatic N) is 3. The summed E-state index contributed by atoms with van der Waals surface area (Å²) >= 11 is 0. The molecular weight excluding hydrogens is 362 g/mol. The van der Waals surface area contributed by atoms with Crippen LogP contribution in [0.4, 0.5) is 11.6 Å². The zero-order valence-electron chi connectivity index (χ0n) is 16.3. The quantitative estimate of drug-likeness (QED) is 0.503. The zero-order valence-corrected chi connectivity index (χ0v) is 16.3. The maximum atomic E-state index is 12.4. The molecule has 6 heteroatoms. The summed E-state index contributed by atoms with van der Waals surface area (Å²) in [5.74, 6) is 0.410. The molecule has 146 valence electrons. The fourth-order valence-electron chi connectivity index (χ4n) is 3.38. The summed E-state index contributed by atoms with van der Waals surface area (Å²) in [4.78, 5) is 26.5. The molecular formula is C23H23N5O. The van der Waals surface area contributed by atoms with Gasteiger partial charge in [0.2, 0.25) is 5.95 Å². The molecule has 2 N–H and O–H groups in total. The maximum Gasteiger partial charge on any atom is 0.254 e. The van der Waals surface area contributed by atoms with Gasteiger partial charge in [-0.1, -0.05) is 36.4 Å². The van der Waals surface area contributed by atoms with Gasteiger partial charge in [-0.15, -0.1) is 0 Å². The smallest absolute Gasteiger partial charge is 0.254 e. The van der Waals surface area contributed by atoms with Crippen molar-refractivity contribution < 1.29 is 4.79 Å². The van der Waals surface area contributed by atoms with Crippen LogP contribution in [0.2, 0.25) is 0 Å². The van der Waals surface area contributed by atoms with Crippen molar-refractivity contribution in [3.8, 4) is 0 Å². The molecule has 0 saturated heterocycles. The van der Waals surface area contributed by atoms with E-state index in [1.54, 1.807) is 12.4 Å². The molecule has 0 spiro atoms. The summed E-state index contributed by atoms with van der Waals surface area (Å²) in [6.07, 6.45) is 5.91. The number of hydrogen-bond donors (Lipinski definition) is 2. The SMILES string of the molecule is CCN(c1ccccc1)c1ncc(C(=O)NCCc2c[nH]c3ccccc23)cn1. The fraction of sp³-hybridized carbons (Fsp3) is 0.174. The zero-order chi connectivity index (χ0) is 20.1. The number of fused-ring (bicyclic) bond motifs is 1. The van der Waals surface area contributed by atoms with Crippen LogP contribution in [0.5, 0.6) is 0 Å². The van der Waals surface area contributed by atoms with Crippen LogP contribution in [-0.4, -0.2) is 33.9 Å². The second kappa shape index (κ2) is 8.56. The van der Waals surface area contributed by atoms with Crippen molar-refractivity contribution in [2.24, 2.45) is 0 Å². The average Bonchev–Trinajstić information content (AvgIpc) is 3.19. The second-order valence-corrected chi connectivity index (χ2v) is 6.72. The number of amides is 1. The molecule has 0 radical (unpaired) electrons. The van der Waals surface area contributed by atoms with E-state index in [0.717, 1.165) is 24.2 Å². The fourth-order valence-corrected chi connectivity index (χ4v) is 3.38. The van der Waals surface area contributed by atoms with Gasteiger partial charge in [-0.3, -0.25) is 4.79 Å². The summed E-state index contributed by atoms with van der Waals surface area (Å²) in [6.45, 7) is 3.33. The Bertz CT molecular complexity index is 1090. The number of aromatic nitrogens is 3. The maximum absolute atomic E-state index is 12.4. The summed E-state index contributed by atoms with van der Waals surface area (Å²) in [7, 11) is 0. The summed E-state index contributed by atoms with van der Waals surface area (Å²) < 4.78 is 0. The Balaban J connectivity index is 1.38. The molecule has 2 aromatic carbocycles. The Hall–Kier alpha value is -3.67. The Morgan fingerprint density at radius 3 is 2.52 bits per heavy atom. The first-order valence-corrected chi connectivity index (χ1v) is 9.74. The van der Waals surface area contributed by atoms with Crippen molar-refractivity contribution in [1.29, 1.82) is 0 Å². The standard InChI is InChI=1S/C23H23N5O/c1-2-28(19-8-4-3-5-9-19)23-26-15-18(16-27-23)22(29)24-13-12-17-14-25-21-11-7-6-10-20(17)21/h3-11,14-16,25H,2,12-13H2,1H3,(H,24,29). The van der Waals surface area contributed by atoms with Gasteiger partial charge < -0.3 is 15.2 Å². The highest BCUT2D eigenvalue weighted by atomic mass is 16.1. The molecule has 0 fully saturated rings. The van der Waals surface area contributed by atoms with Crippen LogP contribution in [0.25, 0.3) is 10.9 Å². The molecule has 0 aliphatic heterocycles. The Labute approximate surface area is 169 Å². The van der Waals surface area contributed by atoms with Gasteiger partial charge in [-0.2, -0.15) is 0 Å². The van der Waals surface area contributed by atoms with E-state index in [2.05, 4.69) is 26.3 Å². The molecule has 29 heavy (non-hydrogen) atoms. The van der Waals surface area contributed by atoms with Gasteiger partial charge in [0.05, 0.1) is 5.56 Å². The van der Waals surface area contributed by atoms with Gasteiger partial charge in [-0.05, 0) is 37.1 Å². The third-order valence-electron chi connectivity index (χ3n) is 4.88. The molecule has 0 aliphatic carbocycles. The number of benzene rings is 2. The molecule has 2 heterocycles. The van der Waals surface area contributed by atoms with Gasteiger partial charge in [0.1, 0.15) is 0 Å². The first-order valence-electron chi connectivity index (χ1n) is 9.74. The Kier molecular flexibility index (Phi) is 5.52. The predicted octanol–water partition coefficient (Wildman–Crippen LogP) is 4.09. The van der Waals surface area contributed by atoms with Crippen LogP contribution >= 0.6 is 0 Å².